The Hall–Kier alpha value is -0.810. The number of nitrogens with two attached hydrogens (primary N) is 1. The summed E-state index contributed by atoms with van der Waals surface area (Å²) in [5, 5.41) is 0. The van der Waals surface area contributed by atoms with Crippen LogP contribution in [0.25, 0.3) is 0 Å². The molecule has 1 heterocycles. The van der Waals surface area contributed by atoms with Crippen molar-refractivity contribution < 1.29 is 4.39 Å². The molecule has 0 fully saturated rings. The molecule has 0 saturated heterocycles. The van der Waals surface area contributed by atoms with Gasteiger partial charge in [0, 0.05) is 31.4 Å². The number of halogens is 1. The van der Waals surface area contributed by atoms with E-state index in [0.29, 0.717) is 11.4 Å². The number of anilines is 1. The van der Waals surface area contributed by atoms with Crippen LogP contribution in [0.1, 0.15) is 18.9 Å². The molecule has 0 bridgehead atoms. The second-order valence-electron chi connectivity index (χ2n) is 4.05. The van der Waals surface area contributed by atoms with Crippen molar-refractivity contribution in [1.82, 2.24) is 4.98 Å². The molecule has 1 rings (SSSR count). The molecule has 0 aliphatic rings. The minimum Gasteiger partial charge on any atom is -0.355 e. The Morgan fingerprint density at radius 3 is 2.88 bits per heavy atom. The summed E-state index contributed by atoms with van der Waals surface area (Å²) in [7, 11) is 1.87. The highest BCUT2D eigenvalue weighted by atomic mass is 32.2. The zero-order chi connectivity index (χ0) is 12.8. The second kappa shape index (κ2) is 6.81. The summed E-state index contributed by atoms with van der Waals surface area (Å²) in [4.78, 5) is 5.98. The van der Waals surface area contributed by atoms with Crippen LogP contribution in [-0.4, -0.2) is 30.1 Å². The number of nitrogens with zero attached hydrogens (tertiary/aromatic N) is 2. The van der Waals surface area contributed by atoms with Gasteiger partial charge in [0.1, 0.15) is 0 Å². The first-order valence-electron chi connectivity index (χ1n) is 5.67. The fourth-order valence-corrected chi connectivity index (χ4v) is 2.14. The van der Waals surface area contributed by atoms with Gasteiger partial charge in [0.05, 0.1) is 0 Å². The molecular weight excluding hydrogens is 237 g/mol. The van der Waals surface area contributed by atoms with Crippen LogP contribution >= 0.6 is 11.8 Å². The number of pyridine rings is 1. The summed E-state index contributed by atoms with van der Waals surface area (Å²) >= 11 is 1.79. The van der Waals surface area contributed by atoms with E-state index in [-0.39, 0.29) is 18.4 Å². The highest BCUT2D eigenvalue weighted by Crippen LogP contribution is 2.21. The van der Waals surface area contributed by atoms with E-state index in [1.54, 1.807) is 24.0 Å². The van der Waals surface area contributed by atoms with Crippen molar-refractivity contribution in [3.8, 4) is 0 Å². The van der Waals surface area contributed by atoms with Gasteiger partial charge in [-0.3, -0.25) is 0 Å². The van der Waals surface area contributed by atoms with Gasteiger partial charge in [0.25, 0.3) is 0 Å². The number of rotatable bonds is 6. The Morgan fingerprint density at radius 2 is 2.29 bits per heavy atom. The molecule has 0 aliphatic carbocycles. The summed E-state index contributed by atoms with van der Waals surface area (Å²) in [6, 6.07) is 1.89. The van der Waals surface area contributed by atoms with Crippen LogP contribution in [0.5, 0.6) is 0 Å². The molecule has 96 valence electrons. The minimum absolute atomic E-state index is 0.203. The monoisotopic (exact) mass is 257 g/mol. The molecule has 5 heteroatoms. The zero-order valence-corrected chi connectivity index (χ0v) is 11.4. The predicted octanol–water partition coefficient (Wildman–Crippen LogP) is 2.26. The van der Waals surface area contributed by atoms with Crippen molar-refractivity contribution >= 4 is 17.6 Å². The van der Waals surface area contributed by atoms with E-state index in [1.165, 1.54) is 0 Å². The Morgan fingerprint density at radius 1 is 1.59 bits per heavy atom. The second-order valence-corrected chi connectivity index (χ2v) is 5.04. The molecule has 1 atom stereocenters. The Balaban J connectivity index is 2.84. The van der Waals surface area contributed by atoms with Crippen LogP contribution < -0.4 is 10.6 Å². The average molecular weight is 257 g/mol. The topological polar surface area (TPSA) is 42.2 Å². The molecule has 2 N–H and O–H groups in total. The normalized spacial score (nSPS) is 12.5. The van der Waals surface area contributed by atoms with Crippen LogP contribution in [0.2, 0.25) is 0 Å². The lowest BCUT2D eigenvalue weighted by Gasteiger charge is -2.26. The summed E-state index contributed by atoms with van der Waals surface area (Å²) in [5.41, 5.74) is 6.00. The van der Waals surface area contributed by atoms with E-state index in [4.69, 9.17) is 5.73 Å². The highest BCUT2D eigenvalue weighted by molar-refractivity contribution is 7.98. The van der Waals surface area contributed by atoms with Gasteiger partial charge in [-0.1, -0.05) is 0 Å². The number of aromatic nitrogens is 1. The van der Waals surface area contributed by atoms with Crippen molar-refractivity contribution in [2.45, 2.75) is 25.9 Å². The van der Waals surface area contributed by atoms with Gasteiger partial charge < -0.3 is 10.6 Å². The number of thioether (sulfide) groups is 1. The van der Waals surface area contributed by atoms with Crippen molar-refractivity contribution in [3.63, 3.8) is 0 Å². The molecule has 1 aromatic rings. The smallest absolute Gasteiger partial charge is 0.170 e. The molecule has 0 aromatic carbocycles. The first-order chi connectivity index (χ1) is 8.11. The van der Waals surface area contributed by atoms with Crippen LogP contribution in [0, 0.1) is 5.82 Å². The first kappa shape index (κ1) is 14.3. The average Bonchev–Trinajstić information content (AvgIpc) is 2.35. The van der Waals surface area contributed by atoms with Gasteiger partial charge in [-0.05, 0) is 31.4 Å². The maximum absolute atomic E-state index is 14.0. The van der Waals surface area contributed by atoms with Crippen molar-refractivity contribution in [1.29, 1.82) is 0 Å². The van der Waals surface area contributed by atoms with Gasteiger partial charge in [-0.2, -0.15) is 11.8 Å². The molecule has 0 spiro atoms. The molecule has 0 amide bonds. The van der Waals surface area contributed by atoms with Crippen molar-refractivity contribution in [2.24, 2.45) is 5.73 Å². The molecule has 1 aromatic heterocycles. The number of hydrogen-bond donors (Lipinski definition) is 1. The summed E-state index contributed by atoms with van der Waals surface area (Å²) < 4.78 is 14.0. The lowest BCUT2D eigenvalue weighted by Crippen LogP contribution is -2.31. The standard InChI is InChI=1S/C12H20FN3S/c1-9(5-7-17-3)16(2)12-11(13)10(8-14)4-6-15-12/h4,6,9H,5,7-8,14H2,1-3H3. The van der Waals surface area contributed by atoms with Gasteiger partial charge >= 0.3 is 0 Å². The van der Waals surface area contributed by atoms with Crippen LogP contribution in [0.4, 0.5) is 10.2 Å². The summed E-state index contributed by atoms with van der Waals surface area (Å²) in [6.07, 6.45) is 4.69. The Kier molecular flexibility index (Phi) is 5.71. The van der Waals surface area contributed by atoms with Gasteiger partial charge in [0.15, 0.2) is 11.6 Å². The molecule has 0 radical (unpaired) electrons. The third-order valence-electron chi connectivity index (χ3n) is 2.91. The van der Waals surface area contributed by atoms with Crippen LogP contribution in [0.15, 0.2) is 12.3 Å². The summed E-state index contributed by atoms with van der Waals surface area (Å²) in [5.74, 6) is 1.15. The highest BCUT2D eigenvalue weighted by Gasteiger charge is 2.16. The van der Waals surface area contributed by atoms with Gasteiger partial charge in [-0.25, -0.2) is 9.37 Å². The van der Waals surface area contributed by atoms with Gasteiger partial charge in [-0.15, -0.1) is 0 Å². The Labute approximate surface area is 107 Å². The van der Waals surface area contributed by atoms with Crippen molar-refractivity contribution in [3.05, 3.63) is 23.6 Å². The Bertz CT molecular complexity index is 360. The molecule has 1 unspecified atom stereocenters. The first-order valence-corrected chi connectivity index (χ1v) is 7.06. The van der Waals surface area contributed by atoms with Gasteiger partial charge in [0.2, 0.25) is 0 Å². The fraction of sp³-hybridized carbons (Fsp3) is 0.583. The third kappa shape index (κ3) is 3.57. The van der Waals surface area contributed by atoms with E-state index >= 15 is 0 Å². The maximum atomic E-state index is 14.0. The molecule has 0 saturated carbocycles. The van der Waals surface area contributed by atoms with E-state index < -0.39 is 0 Å². The van der Waals surface area contributed by atoms with E-state index in [1.807, 2.05) is 11.9 Å². The van der Waals surface area contributed by atoms with Crippen molar-refractivity contribution in [2.75, 3.05) is 24.0 Å². The molecule has 17 heavy (non-hydrogen) atoms. The third-order valence-corrected chi connectivity index (χ3v) is 3.55. The lowest BCUT2D eigenvalue weighted by atomic mass is 10.2. The molecular formula is C12H20FN3S. The maximum Gasteiger partial charge on any atom is 0.170 e. The fourth-order valence-electron chi connectivity index (χ4n) is 1.57. The van der Waals surface area contributed by atoms with Crippen LogP contribution in [-0.2, 0) is 6.54 Å². The quantitative estimate of drug-likeness (QED) is 0.849. The van der Waals surface area contributed by atoms with E-state index in [9.17, 15) is 4.39 Å². The lowest BCUT2D eigenvalue weighted by molar-refractivity contribution is 0.579. The van der Waals surface area contributed by atoms with Crippen LogP contribution in [0.3, 0.4) is 0 Å². The number of hydrogen-bond acceptors (Lipinski definition) is 4. The zero-order valence-electron chi connectivity index (χ0n) is 10.6. The largest absolute Gasteiger partial charge is 0.355 e. The minimum atomic E-state index is -0.298. The summed E-state index contributed by atoms with van der Waals surface area (Å²) in [6.45, 7) is 2.28. The van der Waals surface area contributed by atoms with E-state index in [2.05, 4.69) is 18.2 Å². The predicted molar refractivity (Wildman–Crippen MR) is 73.0 cm³/mol. The molecule has 0 aliphatic heterocycles. The SMILES string of the molecule is CSCCC(C)N(C)c1nccc(CN)c1F. The molecule has 3 nitrogen and oxygen atoms in total. The van der Waals surface area contributed by atoms with E-state index in [0.717, 1.165) is 12.2 Å².